The number of hydrogen-bond donors (Lipinski definition) is 1. The van der Waals surface area contributed by atoms with E-state index >= 15 is 0 Å². The summed E-state index contributed by atoms with van der Waals surface area (Å²) in [6, 6.07) is 6.64. The van der Waals surface area contributed by atoms with Gasteiger partial charge in [0.1, 0.15) is 5.75 Å². The first-order chi connectivity index (χ1) is 9.81. The topological polar surface area (TPSA) is 27.7 Å². The minimum atomic E-state index is 0.845. The van der Waals surface area contributed by atoms with Gasteiger partial charge < -0.3 is 15.0 Å². The van der Waals surface area contributed by atoms with Gasteiger partial charge in [-0.1, -0.05) is 12.1 Å². The minimum absolute atomic E-state index is 0.845. The first kappa shape index (κ1) is 13.9. The Balaban J connectivity index is 1.47. The molecule has 1 N–H and O–H groups in total. The van der Waals surface area contributed by atoms with Crippen molar-refractivity contribution in [3.05, 3.63) is 29.3 Å². The smallest absolute Gasteiger partial charge is 0.122 e. The molecule has 4 heteroatoms. The van der Waals surface area contributed by atoms with Crippen LogP contribution in [0.2, 0.25) is 0 Å². The van der Waals surface area contributed by atoms with E-state index in [2.05, 4.69) is 40.4 Å². The van der Waals surface area contributed by atoms with Crippen LogP contribution in [0, 0.1) is 0 Å². The molecule has 2 aliphatic rings. The van der Waals surface area contributed by atoms with Gasteiger partial charge in [0.25, 0.3) is 0 Å². The second kappa shape index (κ2) is 6.57. The molecule has 0 aromatic heterocycles. The summed E-state index contributed by atoms with van der Waals surface area (Å²) in [6.45, 7) is 8.81. The quantitative estimate of drug-likeness (QED) is 0.866. The molecule has 0 saturated carbocycles. The molecule has 0 bridgehead atoms. The molecule has 4 nitrogen and oxygen atoms in total. The summed E-state index contributed by atoms with van der Waals surface area (Å²) in [4.78, 5) is 4.96. The second-order valence-corrected chi connectivity index (χ2v) is 5.87. The van der Waals surface area contributed by atoms with Gasteiger partial charge in [0.2, 0.25) is 0 Å². The maximum atomic E-state index is 5.56. The number of rotatable bonds is 5. The van der Waals surface area contributed by atoms with Gasteiger partial charge in [-0.05, 0) is 24.2 Å². The summed E-state index contributed by atoms with van der Waals surface area (Å²) in [5.41, 5.74) is 2.77. The number of piperazine rings is 1. The number of hydrogen-bond acceptors (Lipinski definition) is 4. The van der Waals surface area contributed by atoms with Gasteiger partial charge >= 0.3 is 0 Å². The molecule has 1 fully saturated rings. The van der Waals surface area contributed by atoms with Gasteiger partial charge in [-0.15, -0.1) is 0 Å². The highest BCUT2D eigenvalue weighted by molar-refractivity contribution is 5.39. The van der Waals surface area contributed by atoms with E-state index in [1.165, 1.54) is 30.8 Å². The normalized spacial score (nSPS) is 19.1. The fraction of sp³-hybridized carbons (Fsp3) is 0.625. The molecule has 1 aromatic carbocycles. The number of ether oxygens (including phenoxy) is 1. The highest BCUT2D eigenvalue weighted by Crippen LogP contribution is 2.26. The molecule has 0 atom stereocenters. The van der Waals surface area contributed by atoms with E-state index in [1.54, 1.807) is 0 Å². The van der Waals surface area contributed by atoms with Crippen molar-refractivity contribution in [2.24, 2.45) is 0 Å². The lowest BCUT2D eigenvalue weighted by Crippen LogP contribution is -2.45. The van der Waals surface area contributed by atoms with E-state index in [9.17, 15) is 0 Å². The predicted octanol–water partition coefficient (Wildman–Crippen LogP) is 0.959. The van der Waals surface area contributed by atoms with Crippen molar-refractivity contribution in [2.45, 2.75) is 13.0 Å². The molecule has 20 heavy (non-hydrogen) atoms. The standard InChI is InChI=1S/C16H25N3O/c1-18(9-10-19-7-5-17-6-8-19)13-14-2-3-16-15(12-14)4-11-20-16/h2-3,12,17H,4-11,13H2,1H3. The lowest BCUT2D eigenvalue weighted by Gasteiger charge is -2.29. The van der Waals surface area contributed by atoms with Crippen LogP contribution in [0.25, 0.3) is 0 Å². The summed E-state index contributed by atoms with van der Waals surface area (Å²) in [6.07, 6.45) is 1.06. The first-order valence-electron chi connectivity index (χ1n) is 7.67. The Kier molecular flexibility index (Phi) is 4.55. The molecule has 0 amide bonds. The van der Waals surface area contributed by atoms with E-state index in [0.29, 0.717) is 0 Å². The monoisotopic (exact) mass is 275 g/mol. The molecular weight excluding hydrogens is 250 g/mol. The van der Waals surface area contributed by atoms with E-state index in [0.717, 1.165) is 45.0 Å². The molecule has 1 aromatic rings. The largest absolute Gasteiger partial charge is 0.493 e. The van der Waals surface area contributed by atoms with Crippen LogP contribution in [-0.2, 0) is 13.0 Å². The average Bonchev–Trinajstić information content (AvgIpc) is 2.94. The van der Waals surface area contributed by atoms with Crippen molar-refractivity contribution in [1.29, 1.82) is 0 Å². The van der Waals surface area contributed by atoms with E-state index in [4.69, 9.17) is 4.74 Å². The fourth-order valence-electron chi connectivity index (χ4n) is 2.98. The first-order valence-corrected chi connectivity index (χ1v) is 7.67. The highest BCUT2D eigenvalue weighted by atomic mass is 16.5. The van der Waals surface area contributed by atoms with Gasteiger partial charge in [-0.3, -0.25) is 4.90 Å². The summed E-state index contributed by atoms with van der Waals surface area (Å²) < 4.78 is 5.56. The second-order valence-electron chi connectivity index (χ2n) is 5.87. The zero-order valence-corrected chi connectivity index (χ0v) is 12.4. The zero-order chi connectivity index (χ0) is 13.8. The van der Waals surface area contributed by atoms with Gasteiger partial charge in [0, 0.05) is 52.2 Å². The van der Waals surface area contributed by atoms with Crippen molar-refractivity contribution in [1.82, 2.24) is 15.1 Å². The lowest BCUT2D eigenvalue weighted by molar-refractivity contribution is 0.202. The third-order valence-electron chi connectivity index (χ3n) is 4.21. The molecule has 2 heterocycles. The number of fused-ring (bicyclic) bond motifs is 1. The van der Waals surface area contributed by atoms with Crippen LogP contribution in [0.3, 0.4) is 0 Å². The number of nitrogens with one attached hydrogen (secondary N) is 1. The maximum absolute atomic E-state index is 5.56. The number of likely N-dealkylation sites (N-methyl/N-ethyl adjacent to an activating group) is 1. The molecule has 0 radical (unpaired) electrons. The molecule has 3 rings (SSSR count). The Hall–Kier alpha value is -1.10. The zero-order valence-electron chi connectivity index (χ0n) is 12.4. The molecule has 2 aliphatic heterocycles. The molecule has 110 valence electrons. The Morgan fingerprint density at radius 2 is 2.15 bits per heavy atom. The SMILES string of the molecule is CN(CCN1CCNCC1)Cc1ccc2c(c1)CCO2. The molecule has 1 saturated heterocycles. The molecule has 0 spiro atoms. The third-order valence-corrected chi connectivity index (χ3v) is 4.21. The van der Waals surface area contributed by atoms with Gasteiger partial charge in [-0.25, -0.2) is 0 Å². The van der Waals surface area contributed by atoms with Gasteiger partial charge in [0.05, 0.1) is 6.61 Å². The van der Waals surface area contributed by atoms with Crippen molar-refractivity contribution in [2.75, 3.05) is 52.9 Å². The summed E-state index contributed by atoms with van der Waals surface area (Å²) in [5, 5.41) is 3.40. The summed E-state index contributed by atoms with van der Waals surface area (Å²) >= 11 is 0. The summed E-state index contributed by atoms with van der Waals surface area (Å²) in [5.74, 6) is 1.08. The van der Waals surface area contributed by atoms with Crippen molar-refractivity contribution < 1.29 is 4.74 Å². The van der Waals surface area contributed by atoms with E-state index < -0.39 is 0 Å². The van der Waals surface area contributed by atoms with Crippen LogP contribution in [-0.4, -0.2) is 62.7 Å². The third kappa shape index (κ3) is 3.51. The Labute approximate surface area is 121 Å². The molecular formula is C16H25N3O. The number of benzene rings is 1. The molecule has 0 aliphatic carbocycles. The van der Waals surface area contributed by atoms with E-state index in [-0.39, 0.29) is 0 Å². The highest BCUT2D eigenvalue weighted by Gasteiger charge is 2.13. The Morgan fingerprint density at radius 3 is 3.00 bits per heavy atom. The van der Waals surface area contributed by atoms with Crippen molar-refractivity contribution in [3.63, 3.8) is 0 Å². The lowest BCUT2D eigenvalue weighted by atomic mass is 10.1. The van der Waals surface area contributed by atoms with Crippen LogP contribution < -0.4 is 10.1 Å². The van der Waals surface area contributed by atoms with Crippen molar-refractivity contribution >= 4 is 0 Å². The summed E-state index contributed by atoms with van der Waals surface area (Å²) in [7, 11) is 2.21. The van der Waals surface area contributed by atoms with Crippen LogP contribution in [0.1, 0.15) is 11.1 Å². The van der Waals surface area contributed by atoms with Crippen LogP contribution in [0.15, 0.2) is 18.2 Å². The predicted molar refractivity (Wildman–Crippen MR) is 81.3 cm³/mol. The van der Waals surface area contributed by atoms with Gasteiger partial charge in [-0.2, -0.15) is 0 Å². The minimum Gasteiger partial charge on any atom is -0.493 e. The van der Waals surface area contributed by atoms with Crippen LogP contribution >= 0.6 is 0 Å². The van der Waals surface area contributed by atoms with Crippen LogP contribution in [0.5, 0.6) is 5.75 Å². The Morgan fingerprint density at radius 1 is 1.30 bits per heavy atom. The van der Waals surface area contributed by atoms with E-state index in [1.807, 2.05) is 0 Å². The Bertz CT molecular complexity index is 443. The fourth-order valence-corrected chi connectivity index (χ4v) is 2.98. The van der Waals surface area contributed by atoms with Gasteiger partial charge in [0.15, 0.2) is 0 Å². The van der Waals surface area contributed by atoms with Crippen molar-refractivity contribution in [3.8, 4) is 5.75 Å². The number of nitrogens with zero attached hydrogens (tertiary/aromatic N) is 2. The average molecular weight is 275 g/mol. The molecule has 0 unspecified atom stereocenters. The maximum Gasteiger partial charge on any atom is 0.122 e. The van der Waals surface area contributed by atoms with Crippen LogP contribution in [0.4, 0.5) is 0 Å².